The molecule has 1 fully saturated rings. The number of hydrogen-bond acceptors (Lipinski definition) is 2. The van der Waals surface area contributed by atoms with Crippen LogP contribution in [0.1, 0.15) is 51.0 Å². The minimum atomic E-state index is 0.118. The van der Waals surface area contributed by atoms with Crippen molar-refractivity contribution >= 4 is 11.6 Å². The summed E-state index contributed by atoms with van der Waals surface area (Å²) in [5, 5.41) is 0. The van der Waals surface area contributed by atoms with E-state index in [1.54, 1.807) is 0 Å². The third kappa shape index (κ3) is 3.70. The van der Waals surface area contributed by atoms with Crippen LogP contribution in [0.3, 0.4) is 0 Å². The van der Waals surface area contributed by atoms with Crippen molar-refractivity contribution in [2.24, 2.45) is 5.92 Å². The fourth-order valence-corrected chi connectivity index (χ4v) is 3.75. The lowest BCUT2D eigenvalue weighted by atomic mass is 9.89. The van der Waals surface area contributed by atoms with Gasteiger partial charge in [-0.2, -0.15) is 0 Å². The third-order valence-electron chi connectivity index (χ3n) is 4.99. The number of hydrogen-bond donors (Lipinski definition) is 0. The first kappa shape index (κ1) is 15.5. The Kier molecular flexibility index (Phi) is 5.14. The van der Waals surface area contributed by atoms with Gasteiger partial charge in [-0.3, -0.25) is 4.79 Å². The van der Waals surface area contributed by atoms with E-state index in [-0.39, 0.29) is 18.6 Å². The number of carbonyl (C=O) groups is 1. The average Bonchev–Trinajstić information content (AvgIpc) is 2.75. The fourth-order valence-electron chi connectivity index (χ4n) is 3.75. The molecule has 3 nitrogen and oxygen atoms in total. The van der Waals surface area contributed by atoms with Crippen LogP contribution in [-0.2, 0) is 16.0 Å². The lowest BCUT2D eigenvalue weighted by Gasteiger charge is -2.28. The first-order valence-electron chi connectivity index (χ1n) is 8.74. The molecule has 0 N–H and O–H groups in total. The van der Waals surface area contributed by atoms with Crippen LogP contribution >= 0.6 is 0 Å². The zero-order valence-electron chi connectivity index (χ0n) is 13.6. The molecule has 0 saturated heterocycles. The molecule has 0 spiro atoms. The van der Waals surface area contributed by atoms with E-state index < -0.39 is 0 Å². The molecule has 0 aromatic heterocycles. The van der Waals surface area contributed by atoms with Gasteiger partial charge in [-0.05, 0) is 49.7 Å². The van der Waals surface area contributed by atoms with Gasteiger partial charge in [0.15, 0.2) is 0 Å². The van der Waals surface area contributed by atoms with E-state index in [2.05, 4.69) is 25.1 Å². The number of para-hydroxylation sites is 1. The van der Waals surface area contributed by atoms with Crippen molar-refractivity contribution in [3.05, 3.63) is 29.8 Å². The second kappa shape index (κ2) is 7.28. The molecule has 1 aliphatic carbocycles. The summed E-state index contributed by atoms with van der Waals surface area (Å²) in [6.45, 7) is 3.33. The molecule has 1 amide bonds. The van der Waals surface area contributed by atoms with E-state index in [1.807, 2.05) is 11.0 Å². The maximum Gasteiger partial charge on any atom is 0.252 e. The maximum absolute atomic E-state index is 12.6. The summed E-state index contributed by atoms with van der Waals surface area (Å²) in [7, 11) is 0. The Balaban J connectivity index is 1.62. The van der Waals surface area contributed by atoms with Gasteiger partial charge in [0.05, 0.1) is 6.10 Å². The molecule has 0 bridgehead atoms. The molecule has 2 unspecified atom stereocenters. The highest BCUT2D eigenvalue weighted by Gasteiger charge is 2.24. The predicted molar refractivity (Wildman–Crippen MR) is 89.1 cm³/mol. The van der Waals surface area contributed by atoms with Crippen LogP contribution < -0.4 is 4.90 Å². The summed E-state index contributed by atoms with van der Waals surface area (Å²) >= 11 is 0. The predicted octanol–water partition coefficient (Wildman–Crippen LogP) is 3.95. The maximum atomic E-state index is 12.6. The molecule has 2 aliphatic rings. The zero-order chi connectivity index (χ0) is 15.4. The molecule has 1 saturated carbocycles. The molecular formula is C19H27NO2. The van der Waals surface area contributed by atoms with E-state index in [0.29, 0.717) is 0 Å². The van der Waals surface area contributed by atoms with Crippen LogP contribution in [0.4, 0.5) is 5.69 Å². The van der Waals surface area contributed by atoms with Crippen molar-refractivity contribution in [2.45, 2.75) is 58.0 Å². The first-order chi connectivity index (χ1) is 10.7. The summed E-state index contributed by atoms with van der Waals surface area (Å²) in [5.41, 5.74) is 2.38. The van der Waals surface area contributed by atoms with Gasteiger partial charge in [-0.1, -0.05) is 38.0 Å². The van der Waals surface area contributed by atoms with Gasteiger partial charge in [0.25, 0.3) is 5.91 Å². The Hall–Kier alpha value is -1.35. The van der Waals surface area contributed by atoms with Crippen molar-refractivity contribution in [1.82, 2.24) is 0 Å². The Morgan fingerprint density at radius 1 is 1.23 bits per heavy atom. The summed E-state index contributed by atoms with van der Waals surface area (Å²) in [4.78, 5) is 14.6. The van der Waals surface area contributed by atoms with E-state index in [9.17, 15) is 4.79 Å². The standard InChI is InChI=1S/C19H27NO2/c1-15-7-6-10-17(13-15)22-14-19(21)20-12-5-4-9-16-8-2-3-11-18(16)20/h2-3,8,11,15,17H,4-7,9-10,12-14H2,1H3. The van der Waals surface area contributed by atoms with Crippen LogP contribution in [0.5, 0.6) is 0 Å². The van der Waals surface area contributed by atoms with Crippen molar-refractivity contribution in [3.63, 3.8) is 0 Å². The molecule has 1 aliphatic heterocycles. The smallest absolute Gasteiger partial charge is 0.252 e. The zero-order valence-corrected chi connectivity index (χ0v) is 13.6. The second-order valence-corrected chi connectivity index (χ2v) is 6.84. The van der Waals surface area contributed by atoms with Gasteiger partial charge < -0.3 is 9.64 Å². The first-order valence-corrected chi connectivity index (χ1v) is 8.74. The Bertz CT molecular complexity index is 514. The van der Waals surface area contributed by atoms with Crippen molar-refractivity contribution in [3.8, 4) is 0 Å². The lowest BCUT2D eigenvalue weighted by molar-refractivity contribution is -0.126. The van der Waals surface area contributed by atoms with E-state index in [1.165, 1.54) is 18.4 Å². The summed E-state index contributed by atoms with van der Waals surface area (Å²) < 4.78 is 5.93. The van der Waals surface area contributed by atoms with Crippen LogP contribution in [0, 0.1) is 5.92 Å². The molecule has 3 rings (SSSR count). The molecule has 1 aromatic rings. The van der Waals surface area contributed by atoms with Crippen LogP contribution in [-0.4, -0.2) is 25.2 Å². The monoisotopic (exact) mass is 301 g/mol. The highest BCUT2D eigenvalue weighted by molar-refractivity contribution is 5.95. The number of anilines is 1. The normalized spacial score (nSPS) is 25.4. The largest absolute Gasteiger partial charge is 0.368 e. The fraction of sp³-hybridized carbons (Fsp3) is 0.632. The number of nitrogens with zero attached hydrogens (tertiary/aromatic N) is 1. The van der Waals surface area contributed by atoms with Gasteiger partial charge in [0.2, 0.25) is 0 Å². The average molecular weight is 301 g/mol. The van der Waals surface area contributed by atoms with Gasteiger partial charge in [-0.25, -0.2) is 0 Å². The minimum absolute atomic E-state index is 0.118. The minimum Gasteiger partial charge on any atom is -0.368 e. The molecule has 120 valence electrons. The number of carbonyl (C=O) groups excluding carboxylic acids is 1. The molecule has 3 heteroatoms. The molecule has 0 radical (unpaired) electrons. The number of amides is 1. The van der Waals surface area contributed by atoms with Crippen molar-refractivity contribution in [2.75, 3.05) is 18.1 Å². The molecule has 1 aromatic carbocycles. The number of aryl methyl sites for hydroxylation is 1. The summed E-state index contributed by atoms with van der Waals surface area (Å²) in [5.74, 6) is 0.848. The Morgan fingerprint density at radius 3 is 2.95 bits per heavy atom. The quantitative estimate of drug-likeness (QED) is 0.846. The van der Waals surface area contributed by atoms with Crippen molar-refractivity contribution in [1.29, 1.82) is 0 Å². The summed E-state index contributed by atoms with van der Waals surface area (Å²) in [6.07, 6.45) is 8.30. The molecule has 22 heavy (non-hydrogen) atoms. The third-order valence-corrected chi connectivity index (χ3v) is 4.99. The number of fused-ring (bicyclic) bond motifs is 1. The van der Waals surface area contributed by atoms with Crippen LogP contribution in [0.25, 0.3) is 0 Å². The Labute approximate surface area is 133 Å². The van der Waals surface area contributed by atoms with Gasteiger partial charge >= 0.3 is 0 Å². The summed E-state index contributed by atoms with van der Waals surface area (Å²) in [6, 6.07) is 8.30. The second-order valence-electron chi connectivity index (χ2n) is 6.84. The topological polar surface area (TPSA) is 29.5 Å². The molecular weight excluding hydrogens is 274 g/mol. The van der Waals surface area contributed by atoms with Gasteiger partial charge in [0.1, 0.15) is 6.61 Å². The van der Waals surface area contributed by atoms with E-state index >= 15 is 0 Å². The highest BCUT2D eigenvalue weighted by Crippen LogP contribution is 2.28. The van der Waals surface area contributed by atoms with E-state index in [4.69, 9.17) is 4.74 Å². The van der Waals surface area contributed by atoms with Crippen molar-refractivity contribution < 1.29 is 9.53 Å². The number of rotatable bonds is 3. The van der Waals surface area contributed by atoms with Crippen LogP contribution in [0.15, 0.2) is 24.3 Å². The molecule has 1 heterocycles. The van der Waals surface area contributed by atoms with Gasteiger partial charge in [0, 0.05) is 12.2 Å². The van der Waals surface area contributed by atoms with Crippen LogP contribution in [0.2, 0.25) is 0 Å². The van der Waals surface area contributed by atoms with E-state index in [0.717, 1.165) is 50.3 Å². The SMILES string of the molecule is CC1CCCC(OCC(=O)N2CCCCc3ccccc32)C1. The number of benzene rings is 1. The number of ether oxygens (including phenoxy) is 1. The lowest BCUT2D eigenvalue weighted by Crippen LogP contribution is -2.36. The molecule has 2 atom stereocenters. The van der Waals surface area contributed by atoms with Gasteiger partial charge in [-0.15, -0.1) is 0 Å². The Morgan fingerprint density at radius 2 is 2.09 bits per heavy atom. The highest BCUT2D eigenvalue weighted by atomic mass is 16.5.